The van der Waals surface area contributed by atoms with E-state index < -0.39 is 0 Å². The molecular weight excluding hydrogens is 260 g/mol. The Kier molecular flexibility index (Phi) is 4.92. The molecule has 2 aliphatic heterocycles. The molecule has 3 heteroatoms. The Balaban J connectivity index is 1.57. The summed E-state index contributed by atoms with van der Waals surface area (Å²) in [5, 5.41) is 3.64. The molecule has 0 bridgehead atoms. The lowest BCUT2D eigenvalue weighted by Crippen LogP contribution is -2.58. The number of piperazine rings is 1. The second-order valence-electron chi connectivity index (χ2n) is 8.10. The molecule has 1 spiro atoms. The van der Waals surface area contributed by atoms with E-state index in [1.807, 2.05) is 0 Å². The van der Waals surface area contributed by atoms with Crippen molar-refractivity contribution in [2.75, 3.05) is 19.6 Å². The van der Waals surface area contributed by atoms with Gasteiger partial charge < -0.3 is 10.1 Å². The van der Waals surface area contributed by atoms with Gasteiger partial charge in [-0.15, -0.1) is 0 Å². The van der Waals surface area contributed by atoms with Gasteiger partial charge in [0.25, 0.3) is 0 Å². The molecule has 3 aliphatic rings. The molecule has 1 N–H and O–H groups in total. The zero-order valence-electron chi connectivity index (χ0n) is 14.2. The number of hydrogen-bond acceptors (Lipinski definition) is 3. The van der Waals surface area contributed by atoms with E-state index in [9.17, 15) is 0 Å². The van der Waals surface area contributed by atoms with E-state index >= 15 is 0 Å². The molecule has 122 valence electrons. The molecule has 21 heavy (non-hydrogen) atoms. The first-order chi connectivity index (χ1) is 10.1. The van der Waals surface area contributed by atoms with Crippen LogP contribution in [0.25, 0.3) is 0 Å². The monoisotopic (exact) mass is 294 g/mol. The molecule has 0 aromatic carbocycles. The normalized spacial score (nSPS) is 37.4. The highest BCUT2D eigenvalue weighted by atomic mass is 16.5. The summed E-state index contributed by atoms with van der Waals surface area (Å²) in [4.78, 5) is 2.71. The van der Waals surface area contributed by atoms with Crippen LogP contribution < -0.4 is 5.32 Å². The maximum Gasteiger partial charge on any atom is 0.0710 e. The molecule has 2 saturated heterocycles. The molecule has 3 atom stereocenters. The van der Waals surface area contributed by atoms with E-state index in [0.29, 0.717) is 18.2 Å². The minimum absolute atomic E-state index is 0.274. The Morgan fingerprint density at radius 3 is 2.67 bits per heavy atom. The van der Waals surface area contributed by atoms with Crippen LogP contribution in [0.5, 0.6) is 0 Å². The van der Waals surface area contributed by atoms with E-state index in [4.69, 9.17) is 4.74 Å². The molecule has 3 rings (SSSR count). The number of nitrogens with one attached hydrogen (secondary N) is 1. The topological polar surface area (TPSA) is 24.5 Å². The molecular formula is C18H34N2O. The minimum atomic E-state index is 0.274. The zero-order valence-corrected chi connectivity index (χ0v) is 14.2. The number of nitrogens with zero attached hydrogens (tertiary/aromatic N) is 1. The average molecular weight is 294 g/mol. The maximum absolute atomic E-state index is 6.59. The van der Waals surface area contributed by atoms with Crippen LogP contribution in [0.1, 0.15) is 65.7 Å². The maximum atomic E-state index is 6.59. The lowest BCUT2D eigenvalue weighted by atomic mass is 9.83. The Labute approximate surface area is 130 Å². The molecule has 2 heterocycles. The molecule has 0 aromatic heterocycles. The van der Waals surface area contributed by atoms with Crippen molar-refractivity contribution in [2.45, 2.75) is 89.5 Å². The largest absolute Gasteiger partial charge is 0.370 e. The van der Waals surface area contributed by atoms with E-state index in [1.165, 1.54) is 51.5 Å². The van der Waals surface area contributed by atoms with Gasteiger partial charge in [-0.25, -0.2) is 0 Å². The second kappa shape index (κ2) is 6.55. The number of ether oxygens (including phenoxy) is 1. The molecule has 1 aliphatic carbocycles. The van der Waals surface area contributed by atoms with Gasteiger partial charge in [0.2, 0.25) is 0 Å². The third kappa shape index (κ3) is 3.62. The van der Waals surface area contributed by atoms with Crippen LogP contribution in [0.4, 0.5) is 0 Å². The summed E-state index contributed by atoms with van der Waals surface area (Å²) in [6, 6.07) is 1.29. The zero-order chi connectivity index (χ0) is 14.9. The van der Waals surface area contributed by atoms with Gasteiger partial charge in [-0.05, 0) is 38.5 Å². The Bertz CT molecular complexity index is 338. The number of rotatable bonds is 3. The first-order valence-electron chi connectivity index (χ1n) is 9.23. The summed E-state index contributed by atoms with van der Waals surface area (Å²) in [6.07, 6.45) is 9.88. The van der Waals surface area contributed by atoms with Gasteiger partial charge in [0.1, 0.15) is 0 Å². The van der Waals surface area contributed by atoms with E-state index in [-0.39, 0.29) is 5.60 Å². The quantitative estimate of drug-likeness (QED) is 0.865. The fourth-order valence-corrected chi connectivity index (χ4v) is 4.72. The SMILES string of the molecule is CC1CN(CC2CCC3(CCCCC3)O2)C(C(C)C)CN1. The average Bonchev–Trinajstić information content (AvgIpc) is 2.82. The van der Waals surface area contributed by atoms with E-state index in [2.05, 4.69) is 31.0 Å². The smallest absolute Gasteiger partial charge is 0.0710 e. The predicted molar refractivity (Wildman–Crippen MR) is 87.6 cm³/mol. The molecule has 3 fully saturated rings. The van der Waals surface area contributed by atoms with Crippen molar-refractivity contribution in [1.82, 2.24) is 10.2 Å². The molecule has 3 unspecified atom stereocenters. The highest BCUT2D eigenvalue weighted by Crippen LogP contribution is 2.42. The van der Waals surface area contributed by atoms with Crippen LogP contribution in [0.3, 0.4) is 0 Å². The molecule has 1 saturated carbocycles. The fourth-order valence-electron chi connectivity index (χ4n) is 4.72. The van der Waals surface area contributed by atoms with Gasteiger partial charge >= 0.3 is 0 Å². The number of hydrogen-bond donors (Lipinski definition) is 1. The fraction of sp³-hybridized carbons (Fsp3) is 1.00. The molecule has 3 nitrogen and oxygen atoms in total. The molecule has 0 radical (unpaired) electrons. The van der Waals surface area contributed by atoms with Crippen molar-refractivity contribution in [3.63, 3.8) is 0 Å². The van der Waals surface area contributed by atoms with E-state index in [0.717, 1.165) is 19.0 Å². The highest BCUT2D eigenvalue weighted by molar-refractivity contribution is 4.94. The third-order valence-electron chi connectivity index (χ3n) is 5.96. The van der Waals surface area contributed by atoms with Gasteiger partial charge in [-0.2, -0.15) is 0 Å². The van der Waals surface area contributed by atoms with Crippen molar-refractivity contribution in [2.24, 2.45) is 5.92 Å². The van der Waals surface area contributed by atoms with Crippen LogP contribution in [-0.2, 0) is 4.74 Å². The Hall–Kier alpha value is -0.120. The van der Waals surface area contributed by atoms with Crippen molar-refractivity contribution in [3.05, 3.63) is 0 Å². The van der Waals surface area contributed by atoms with Crippen LogP contribution in [-0.4, -0.2) is 48.3 Å². The van der Waals surface area contributed by atoms with Gasteiger partial charge in [-0.3, -0.25) is 4.90 Å². The van der Waals surface area contributed by atoms with Crippen LogP contribution >= 0.6 is 0 Å². The Morgan fingerprint density at radius 2 is 1.95 bits per heavy atom. The first kappa shape index (κ1) is 15.8. The minimum Gasteiger partial charge on any atom is -0.370 e. The lowest BCUT2D eigenvalue weighted by Gasteiger charge is -2.43. The van der Waals surface area contributed by atoms with Crippen LogP contribution in [0.15, 0.2) is 0 Å². The second-order valence-corrected chi connectivity index (χ2v) is 8.10. The van der Waals surface area contributed by atoms with Gasteiger partial charge in [0.15, 0.2) is 0 Å². The van der Waals surface area contributed by atoms with Crippen molar-refractivity contribution < 1.29 is 4.74 Å². The summed E-state index contributed by atoms with van der Waals surface area (Å²) >= 11 is 0. The van der Waals surface area contributed by atoms with Gasteiger partial charge in [0, 0.05) is 31.7 Å². The molecule has 0 aromatic rings. The summed E-state index contributed by atoms with van der Waals surface area (Å²) in [7, 11) is 0. The summed E-state index contributed by atoms with van der Waals surface area (Å²) in [6.45, 7) is 10.5. The third-order valence-corrected chi connectivity index (χ3v) is 5.96. The first-order valence-corrected chi connectivity index (χ1v) is 9.23. The van der Waals surface area contributed by atoms with Gasteiger partial charge in [0.05, 0.1) is 11.7 Å². The standard InChI is InChI=1S/C18H34N2O/c1-14(2)17-11-19-15(3)12-20(17)13-16-7-10-18(21-16)8-5-4-6-9-18/h14-17,19H,4-13H2,1-3H3. The summed E-state index contributed by atoms with van der Waals surface area (Å²) < 4.78 is 6.59. The molecule has 0 amide bonds. The predicted octanol–water partition coefficient (Wildman–Crippen LogP) is 3.19. The summed E-state index contributed by atoms with van der Waals surface area (Å²) in [5.41, 5.74) is 0.274. The van der Waals surface area contributed by atoms with Gasteiger partial charge in [-0.1, -0.05) is 33.1 Å². The van der Waals surface area contributed by atoms with Crippen LogP contribution in [0, 0.1) is 5.92 Å². The Morgan fingerprint density at radius 1 is 1.19 bits per heavy atom. The van der Waals surface area contributed by atoms with Crippen molar-refractivity contribution in [1.29, 1.82) is 0 Å². The summed E-state index contributed by atoms with van der Waals surface area (Å²) in [5.74, 6) is 0.718. The van der Waals surface area contributed by atoms with E-state index in [1.54, 1.807) is 0 Å². The van der Waals surface area contributed by atoms with Crippen molar-refractivity contribution in [3.8, 4) is 0 Å². The lowest BCUT2D eigenvalue weighted by molar-refractivity contribution is -0.0788. The highest BCUT2D eigenvalue weighted by Gasteiger charge is 2.42. The van der Waals surface area contributed by atoms with Crippen molar-refractivity contribution >= 4 is 0 Å². The van der Waals surface area contributed by atoms with Crippen LogP contribution in [0.2, 0.25) is 0 Å².